The summed E-state index contributed by atoms with van der Waals surface area (Å²) in [4.78, 5) is 14.2. The third-order valence-electron chi connectivity index (χ3n) is 4.00. The molecule has 1 heterocycles. The molecule has 2 N–H and O–H groups in total. The summed E-state index contributed by atoms with van der Waals surface area (Å²) in [6, 6.07) is 9.77. The number of aliphatic hydroxyl groups is 1. The molecule has 128 valence electrons. The number of carbonyl (C=O) groups is 1. The number of nitrogens with one attached hydrogen (secondary N) is 1. The van der Waals surface area contributed by atoms with Crippen LogP contribution in [0.15, 0.2) is 30.3 Å². The monoisotopic (exact) mass is 336 g/mol. The van der Waals surface area contributed by atoms with Crippen molar-refractivity contribution < 1.29 is 9.90 Å². The van der Waals surface area contributed by atoms with Crippen molar-refractivity contribution in [3.63, 3.8) is 0 Å². The minimum atomic E-state index is -0.266. The second-order valence-electron chi connectivity index (χ2n) is 6.10. The van der Waals surface area contributed by atoms with Crippen LogP contribution < -0.4 is 5.32 Å². The first-order valence-corrected chi connectivity index (χ1v) is 9.68. The van der Waals surface area contributed by atoms with Crippen molar-refractivity contribution in [3.8, 4) is 0 Å². The number of hydrogen-bond donors (Lipinski definition) is 2. The Hall–Kier alpha value is -1.04. The van der Waals surface area contributed by atoms with Crippen LogP contribution in [0.4, 0.5) is 0 Å². The lowest BCUT2D eigenvalue weighted by Crippen LogP contribution is -2.37. The average Bonchev–Trinajstić information content (AvgIpc) is 2.56. The number of amides is 1. The van der Waals surface area contributed by atoms with Gasteiger partial charge >= 0.3 is 0 Å². The second kappa shape index (κ2) is 10.7. The Morgan fingerprint density at radius 3 is 2.70 bits per heavy atom. The van der Waals surface area contributed by atoms with E-state index in [1.54, 1.807) is 11.8 Å². The van der Waals surface area contributed by atoms with Crippen LogP contribution in [0.1, 0.15) is 24.8 Å². The molecule has 23 heavy (non-hydrogen) atoms. The predicted octanol–water partition coefficient (Wildman–Crippen LogP) is 1.93. The quantitative estimate of drug-likeness (QED) is 0.677. The van der Waals surface area contributed by atoms with Crippen LogP contribution in [-0.4, -0.2) is 59.7 Å². The Bertz CT molecular complexity index is 450. The number of likely N-dealkylation sites (tertiary alicyclic amines) is 1. The summed E-state index contributed by atoms with van der Waals surface area (Å²) in [5.74, 6) is 1.65. The van der Waals surface area contributed by atoms with Gasteiger partial charge in [0.15, 0.2) is 0 Å². The Kier molecular flexibility index (Phi) is 8.50. The molecular weight excluding hydrogens is 308 g/mol. The van der Waals surface area contributed by atoms with Crippen molar-refractivity contribution in [2.45, 2.75) is 31.8 Å². The highest BCUT2D eigenvalue weighted by atomic mass is 32.2. The highest BCUT2D eigenvalue weighted by Crippen LogP contribution is 2.10. The average molecular weight is 337 g/mol. The van der Waals surface area contributed by atoms with Crippen molar-refractivity contribution in [2.75, 3.05) is 37.7 Å². The third-order valence-corrected chi connectivity index (χ3v) is 5.12. The fourth-order valence-electron chi connectivity index (χ4n) is 2.82. The Balaban J connectivity index is 1.49. The Morgan fingerprint density at radius 1 is 1.22 bits per heavy atom. The van der Waals surface area contributed by atoms with E-state index in [1.165, 1.54) is 19.3 Å². The van der Waals surface area contributed by atoms with Gasteiger partial charge in [-0.25, -0.2) is 0 Å². The van der Waals surface area contributed by atoms with Crippen molar-refractivity contribution in [1.29, 1.82) is 0 Å². The van der Waals surface area contributed by atoms with Crippen molar-refractivity contribution in [2.24, 2.45) is 0 Å². The van der Waals surface area contributed by atoms with Gasteiger partial charge in [-0.15, -0.1) is 0 Å². The highest BCUT2D eigenvalue weighted by Gasteiger charge is 2.14. The first kappa shape index (κ1) is 18.3. The molecule has 0 radical (unpaired) electrons. The van der Waals surface area contributed by atoms with E-state index in [1.807, 2.05) is 30.3 Å². The summed E-state index contributed by atoms with van der Waals surface area (Å²) in [5.41, 5.74) is 1.04. The molecule has 1 unspecified atom stereocenters. The Morgan fingerprint density at radius 2 is 1.96 bits per heavy atom. The van der Waals surface area contributed by atoms with Gasteiger partial charge in [0.25, 0.3) is 0 Å². The molecule has 1 atom stereocenters. The summed E-state index contributed by atoms with van der Waals surface area (Å²) in [6.45, 7) is 3.69. The zero-order valence-electron chi connectivity index (χ0n) is 13.7. The molecule has 0 bridgehead atoms. The number of hydrogen-bond acceptors (Lipinski definition) is 4. The number of nitrogens with zero attached hydrogens (tertiary/aromatic N) is 1. The number of benzene rings is 1. The molecule has 0 spiro atoms. The standard InChI is InChI=1S/C18H28N2O2S/c21-17(14-20-10-5-2-6-11-20)15-23-12-9-19-18(22)13-16-7-3-1-4-8-16/h1,3-4,7-8,17,21H,2,5-6,9-15H2,(H,19,22). The fourth-order valence-corrected chi connectivity index (χ4v) is 3.61. The molecule has 1 aliphatic rings. The van der Waals surface area contributed by atoms with Gasteiger partial charge in [-0.1, -0.05) is 36.8 Å². The molecule has 0 saturated carbocycles. The van der Waals surface area contributed by atoms with E-state index in [-0.39, 0.29) is 12.0 Å². The van der Waals surface area contributed by atoms with E-state index in [4.69, 9.17) is 0 Å². The van der Waals surface area contributed by atoms with Gasteiger partial charge in [0.1, 0.15) is 0 Å². The lowest BCUT2D eigenvalue weighted by Gasteiger charge is -2.28. The van der Waals surface area contributed by atoms with E-state index >= 15 is 0 Å². The maximum absolute atomic E-state index is 11.8. The predicted molar refractivity (Wildman–Crippen MR) is 96.8 cm³/mol. The van der Waals surface area contributed by atoms with Crippen LogP contribution in [0.3, 0.4) is 0 Å². The molecule has 1 aromatic rings. The van der Waals surface area contributed by atoms with Crippen molar-refractivity contribution in [3.05, 3.63) is 35.9 Å². The SMILES string of the molecule is O=C(Cc1ccccc1)NCCSCC(O)CN1CCCCC1. The number of thioether (sulfide) groups is 1. The lowest BCUT2D eigenvalue weighted by molar-refractivity contribution is -0.120. The number of rotatable bonds is 9. The molecule has 4 nitrogen and oxygen atoms in total. The number of aliphatic hydroxyl groups excluding tert-OH is 1. The van der Waals surface area contributed by atoms with Crippen LogP contribution in [0, 0.1) is 0 Å². The van der Waals surface area contributed by atoms with Gasteiger partial charge in [0.05, 0.1) is 12.5 Å². The normalized spacial score (nSPS) is 16.9. The molecule has 5 heteroatoms. The van der Waals surface area contributed by atoms with Crippen LogP contribution in [0.25, 0.3) is 0 Å². The zero-order valence-corrected chi connectivity index (χ0v) is 14.6. The van der Waals surface area contributed by atoms with Gasteiger partial charge in [0, 0.05) is 24.6 Å². The number of carbonyl (C=O) groups excluding carboxylic acids is 1. The molecule has 0 aliphatic carbocycles. The van der Waals surface area contributed by atoms with Gasteiger partial charge in [-0.05, 0) is 31.5 Å². The van der Waals surface area contributed by atoms with Crippen molar-refractivity contribution >= 4 is 17.7 Å². The smallest absolute Gasteiger partial charge is 0.224 e. The number of piperidine rings is 1. The first-order valence-electron chi connectivity index (χ1n) is 8.53. The van der Waals surface area contributed by atoms with Gasteiger partial charge < -0.3 is 15.3 Å². The highest BCUT2D eigenvalue weighted by molar-refractivity contribution is 7.99. The summed E-state index contributed by atoms with van der Waals surface area (Å²) in [6.07, 6.45) is 4.01. The van der Waals surface area contributed by atoms with Crippen molar-refractivity contribution in [1.82, 2.24) is 10.2 Å². The lowest BCUT2D eigenvalue weighted by atomic mass is 10.1. The Labute approximate surface area is 143 Å². The molecule has 2 rings (SSSR count). The van der Waals surface area contributed by atoms with E-state index < -0.39 is 0 Å². The molecule has 1 aliphatic heterocycles. The minimum Gasteiger partial charge on any atom is -0.391 e. The van der Waals surface area contributed by atoms with E-state index in [0.29, 0.717) is 13.0 Å². The topological polar surface area (TPSA) is 52.6 Å². The molecule has 0 aromatic heterocycles. The van der Waals surface area contributed by atoms with Gasteiger partial charge in [-0.2, -0.15) is 11.8 Å². The summed E-state index contributed by atoms with van der Waals surface area (Å²) >= 11 is 1.71. The van der Waals surface area contributed by atoms with Gasteiger partial charge in [0.2, 0.25) is 5.91 Å². The molecule has 1 fully saturated rings. The second-order valence-corrected chi connectivity index (χ2v) is 7.25. The van der Waals surface area contributed by atoms with E-state index in [2.05, 4.69) is 10.2 Å². The molecule has 1 aromatic carbocycles. The summed E-state index contributed by atoms with van der Waals surface area (Å²) in [5, 5.41) is 13.0. The summed E-state index contributed by atoms with van der Waals surface area (Å²) < 4.78 is 0. The minimum absolute atomic E-state index is 0.0608. The fraction of sp³-hybridized carbons (Fsp3) is 0.611. The van der Waals surface area contributed by atoms with Crippen LogP contribution in [0.2, 0.25) is 0 Å². The number of β-amino-alcohol motifs (C(OH)–C–C–N with tert-alkyl or cyclic N) is 1. The maximum atomic E-state index is 11.8. The van der Waals surface area contributed by atoms with Crippen LogP contribution >= 0.6 is 11.8 Å². The van der Waals surface area contributed by atoms with Crippen LogP contribution in [0.5, 0.6) is 0 Å². The molecule has 1 saturated heterocycles. The molecule has 1 amide bonds. The maximum Gasteiger partial charge on any atom is 0.224 e. The third kappa shape index (κ3) is 7.86. The van der Waals surface area contributed by atoms with E-state index in [0.717, 1.165) is 36.7 Å². The van der Waals surface area contributed by atoms with Crippen LogP contribution in [-0.2, 0) is 11.2 Å². The largest absolute Gasteiger partial charge is 0.391 e. The molecular formula is C18H28N2O2S. The summed E-state index contributed by atoms with van der Waals surface area (Å²) in [7, 11) is 0. The first-order chi connectivity index (χ1) is 11.2. The van der Waals surface area contributed by atoms with E-state index in [9.17, 15) is 9.90 Å². The zero-order chi connectivity index (χ0) is 16.3. The van der Waals surface area contributed by atoms with Gasteiger partial charge in [-0.3, -0.25) is 4.79 Å².